The SMILES string of the molecule is Cc1nn(C(=O)OCC[SiH](C)C)c2cc(C(F)(F)C(=O)OC(C)(C)C)ccc12. The number of esters is 1. The Morgan fingerprint density at radius 3 is 2.43 bits per heavy atom. The van der Waals surface area contributed by atoms with E-state index in [0.717, 1.165) is 22.9 Å². The van der Waals surface area contributed by atoms with Crippen LogP contribution in [0.3, 0.4) is 0 Å². The number of carbonyl (C=O) groups is 2. The Morgan fingerprint density at radius 2 is 1.86 bits per heavy atom. The molecule has 28 heavy (non-hydrogen) atoms. The third kappa shape index (κ3) is 4.95. The second-order valence-corrected chi connectivity index (χ2v) is 11.5. The predicted octanol–water partition coefficient (Wildman–Crippen LogP) is 4.25. The molecule has 0 spiro atoms. The Labute approximate surface area is 164 Å². The van der Waals surface area contributed by atoms with Gasteiger partial charge in [-0.1, -0.05) is 25.2 Å². The predicted molar refractivity (Wildman–Crippen MR) is 105 cm³/mol. The second-order valence-electron chi connectivity index (χ2n) is 8.10. The fourth-order valence-corrected chi connectivity index (χ4v) is 3.10. The minimum atomic E-state index is -3.86. The fourth-order valence-electron chi connectivity index (χ4n) is 2.51. The van der Waals surface area contributed by atoms with Crippen molar-refractivity contribution in [2.75, 3.05) is 6.61 Å². The van der Waals surface area contributed by atoms with E-state index in [0.29, 0.717) is 11.1 Å². The van der Waals surface area contributed by atoms with Crippen LogP contribution in [-0.2, 0) is 20.2 Å². The van der Waals surface area contributed by atoms with Gasteiger partial charge >= 0.3 is 18.0 Å². The summed E-state index contributed by atoms with van der Waals surface area (Å²) >= 11 is 0. The number of benzene rings is 1. The van der Waals surface area contributed by atoms with E-state index in [1.54, 1.807) is 6.92 Å². The van der Waals surface area contributed by atoms with Crippen LogP contribution >= 0.6 is 0 Å². The van der Waals surface area contributed by atoms with Crippen LogP contribution in [0.5, 0.6) is 0 Å². The third-order valence-electron chi connectivity index (χ3n) is 3.98. The lowest BCUT2D eigenvalue weighted by Gasteiger charge is -2.23. The number of alkyl halides is 2. The van der Waals surface area contributed by atoms with E-state index in [2.05, 4.69) is 18.2 Å². The maximum absolute atomic E-state index is 14.6. The normalized spacial score (nSPS) is 12.5. The largest absolute Gasteiger partial charge is 0.455 e. The Balaban J connectivity index is 2.38. The van der Waals surface area contributed by atoms with Crippen molar-refractivity contribution in [3.05, 3.63) is 29.5 Å². The monoisotopic (exact) mass is 412 g/mol. The molecular formula is C19H26F2N2O4Si. The summed E-state index contributed by atoms with van der Waals surface area (Å²) < 4.78 is 40.3. The van der Waals surface area contributed by atoms with Crippen LogP contribution < -0.4 is 0 Å². The van der Waals surface area contributed by atoms with Crippen molar-refractivity contribution in [3.8, 4) is 0 Å². The molecule has 0 unspecified atom stereocenters. The van der Waals surface area contributed by atoms with Crippen molar-refractivity contribution in [3.63, 3.8) is 0 Å². The molecule has 0 fully saturated rings. The zero-order chi connectivity index (χ0) is 21.3. The molecule has 154 valence electrons. The number of aryl methyl sites for hydroxylation is 1. The number of rotatable bonds is 5. The van der Waals surface area contributed by atoms with E-state index in [1.807, 2.05) is 0 Å². The van der Waals surface area contributed by atoms with Gasteiger partial charge in [0.2, 0.25) is 0 Å². The zero-order valence-corrected chi connectivity index (χ0v) is 18.2. The van der Waals surface area contributed by atoms with Gasteiger partial charge in [0.15, 0.2) is 0 Å². The lowest BCUT2D eigenvalue weighted by molar-refractivity contribution is -0.185. The van der Waals surface area contributed by atoms with Gasteiger partial charge < -0.3 is 9.47 Å². The van der Waals surface area contributed by atoms with Crippen LogP contribution in [0.15, 0.2) is 18.2 Å². The molecule has 0 aliphatic carbocycles. The first-order valence-corrected chi connectivity index (χ1v) is 12.2. The molecule has 0 amide bonds. The summed E-state index contributed by atoms with van der Waals surface area (Å²) in [5, 5.41) is 4.63. The quantitative estimate of drug-likeness (QED) is 0.542. The Hall–Kier alpha value is -2.29. The average molecular weight is 413 g/mol. The molecule has 0 bridgehead atoms. The second kappa shape index (κ2) is 7.98. The highest BCUT2D eigenvalue weighted by Gasteiger charge is 2.45. The first kappa shape index (κ1) is 22.0. The number of halogens is 2. The number of hydrogen-bond donors (Lipinski definition) is 0. The van der Waals surface area contributed by atoms with Crippen LogP contribution in [-0.4, -0.2) is 42.8 Å². The van der Waals surface area contributed by atoms with E-state index in [4.69, 9.17) is 9.47 Å². The lowest BCUT2D eigenvalue weighted by Crippen LogP contribution is -2.35. The van der Waals surface area contributed by atoms with Gasteiger partial charge in [-0.15, -0.1) is 0 Å². The molecule has 0 aliphatic rings. The van der Waals surface area contributed by atoms with Gasteiger partial charge in [-0.2, -0.15) is 18.6 Å². The van der Waals surface area contributed by atoms with E-state index in [-0.39, 0.29) is 12.1 Å². The van der Waals surface area contributed by atoms with E-state index < -0.39 is 37.9 Å². The van der Waals surface area contributed by atoms with E-state index in [1.165, 1.54) is 26.8 Å². The molecule has 0 radical (unpaired) electrons. The van der Waals surface area contributed by atoms with Crippen molar-refractivity contribution >= 4 is 31.8 Å². The molecule has 0 saturated carbocycles. The van der Waals surface area contributed by atoms with Crippen LogP contribution in [0.2, 0.25) is 19.1 Å². The van der Waals surface area contributed by atoms with Gasteiger partial charge in [-0.05, 0) is 39.8 Å². The van der Waals surface area contributed by atoms with Crippen LogP contribution in [0.1, 0.15) is 32.0 Å². The van der Waals surface area contributed by atoms with E-state index >= 15 is 0 Å². The van der Waals surface area contributed by atoms with Gasteiger partial charge in [-0.25, -0.2) is 9.59 Å². The number of hydrogen-bond acceptors (Lipinski definition) is 5. The standard InChI is InChI=1S/C19H26F2N2O4Si/c1-12-14-8-7-13(19(20,21)16(24)27-18(2,3)4)11-15(14)23(22-12)17(25)26-9-10-28(5)6/h7-8,11,28H,9-10H2,1-6H3. The molecule has 0 aliphatic heterocycles. The molecule has 0 N–H and O–H groups in total. The highest BCUT2D eigenvalue weighted by molar-refractivity contribution is 6.55. The molecule has 9 heteroatoms. The van der Waals surface area contributed by atoms with Crippen molar-refractivity contribution in [2.45, 2.75) is 58.4 Å². The minimum Gasteiger partial charge on any atom is -0.455 e. The number of carbonyl (C=O) groups excluding carboxylic acids is 2. The van der Waals surface area contributed by atoms with Gasteiger partial charge in [0.25, 0.3) is 0 Å². The molecule has 6 nitrogen and oxygen atoms in total. The van der Waals surface area contributed by atoms with Crippen LogP contribution in [0.25, 0.3) is 10.9 Å². The first-order valence-electron chi connectivity index (χ1n) is 9.11. The average Bonchev–Trinajstić information content (AvgIpc) is 2.89. The van der Waals surface area contributed by atoms with Crippen molar-refractivity contribution in [1.82, 2.24) is 9.78 Å². The third-order valence-corrected chi connectivity index (χ3v) is 5.37. The maximum Gasteiger partial charge on any atom is 0.435 e. The molecule has 0 saturated heterocycles. The minimum absolute atomic E-state index is 0.157. The highest BCUT2D eigenvalue weighted by atomic mass is 28.3. The van der Waals surface area contributed by atoms with Crippen molar-refractivity contribution in [2.24, 2.45) is 0 Å². The lowest BCUT2D eigenvalue weighted by atomic mass is 10.1. The highest BCUT2D eigenvalue weighted by Crippen LogP contribution is 2.33. The number of fused-ring (bicyclic) bond motifs is 1. The molecule has 1 heterocycles. The Morgan fingerprint density at radius 1 is 1.21 bits per heavy atom. The molecule has 2 aromatic rings. The van der Waals surface area contributed by atoms with Crippen LogP contribution in [0.4, 0.5) is 13.6 Å². The van der Waals surface area contributed by atoms with Gasteiger partial charge in [-0.3, -0.25) is 0 Å². The summed E-state index contributed by atoms with van der Waals surface area (Å²) in [4.78, 5) is 24.3. The molecule has 2 rings (SSSR count). The maximum atomic E-state index is 14.6. The van der Waals surface area contributed by atoms with E-state index in [9.17, 15) is 18.4 Å². The molecule has 1 aromatic heterocycles. The molecule has 0 atom stereocenters. The molecular weight excluding hydrogens is 386 g/mol. The summed E-state index contributed by atoms with van der Waals surface area (Å²) in [6.45, 7) is 10.7. The van der Waals surface area contributed by atoms with Crippen molar-refractivity contribution < 1.29 is 27.8 Å². The topological polar surface area (TPSA) is 70.4 Å². The number of ether oxygens (including phenoxy) is 2. The number of aromatic nitrogens is 2. The van der Waals surface area contributed by atoms with Gasteiger partial charge in [0, 0.05) is 19.7 Å². The Kier molecular flexibility index (Phi) is 6.27. The van der Waals surface area contributed by atoms with Crippen molar-refractivity contribution in [1.29, 1.82) is 0 Å². The smallest absolute Gasteiger partial charge is 0.435 e. The number of nitrogens with zero attached hydrogens (tertiary/aromatic N) is 2. The van der Waals surface area contributed by atoms with Gasteiger partial charge in [0.05, 0.1) is 17.8 Å². The molecule has 1 aromatic carbocycles. The van der Waals surface area contributed by atoms with Crippen LogP contribution in [0, 0.1) is 6.92 Å². The summed E-state index contributed by atoms with van der Waals surface area (Å²) in [5.74, 6) is -5.51. The zero-order valence-electron chi connectivity index (χ0n) is 17.0. The summed E-state index contributed by atoms with van der Waals surface area (Å²) in [5.41, 5.74) is -0.966. The van der Waals surface area contributed by atoms with Gasteiger partial charge in [0.1, 0.15) is 5.60 Å². The first-order chi connectivity index (χ1) is 12.8. The Bertz CT molecular complexity index is 888. The summed E-state index contributed by atoms with van der Waals surface area (Å²) in [7, 11) is -0.885. The summed E-state index contributed by atoms with van der Waals surface area (Å²) in [6.07, 6.45) is -0.731. The summed E-state index contributed by atoms with van der Waals surface area (Å²) in [6, 6.07) is 4.45. The fraction of sp³-hybridized carbons (Fsp3) is 0.526.